The molecule has 1 aromatic rings. The van der Waals surface area contributed by atoms with E-state index in [-0.39, 0.29) is 0 Å². The summed E-state index contributed by atoms with van der Waals surface area (Å²) >= 11 is 0. The Morgan fingerprint density at radius 2 is 2.11 bits per heavy atom. The maximum Gasteiger partial charge on any atom is 0.401 e. The van der Waals surface area contributed by atoms with Gasteiger partial charge in [-0.15, -0.1) is 0 Å². The lowest BCUT2D eigenvalue weighted by molar-refractivity contribution is -0.130. The molecule has 3 N–H and O–H groups in total. The van der Waals surface area contributed by atoms with E-state index in [1.165, 1.54) is 0 Å². The summed E-state index contributed by atoms with van der Waals surface area (Å²) in [5.74, 6) is -0.340. The van der Waals surface area contributed by atoms with Crippen LogP contribution in [0.5, 0.6) is 0 Å². The average molecular weight is 272 g/mol. The van der Waals surface area contributed by atoms with E-state index >= 15 is 0 Å². The van der Waals surface area contributed by atoms with Crippen molar-refractivity contribution in [2.45, 2.75) is 31.0 Å². The van der Waals surface area contributed by atoms with Gasteiger partial charge in [-0.05, 0) is 29.9 Å². The summed E-state index contributed by atoms with van der Waals surface area (Å²) in [6, 6.07) is 5.93. The number of primary amides is 1. The third-order valence-corrected chi connectivity index (χ3v) is 3.08. The van der Waals surface area contributed by atoms with Crippen LogP contribution >= 0.6 is 0 Å². The van der Waals surface area contributed by atoms with Crippen molar-refractivity contribution in [3.63, 3.8) is 0 Å². The van der Waals surface area contributed by atoms with Crippen LogP contribution in [-0.4, -0.2) is 18.6 Å². The second-order valence-corrected chi connectivity index (χ2v) is 4.78. The molecular weight excluding hydrogens is 257 g/mol. The average Bonchev–Trinajstić information content (AvgIpc) is 3.11. The molecule has 2 rings (SSSR count). The Labute approximate surface area is 109 Å². The minimum absolute atomic E-state index is 0.469. The van der Waals surface area contributed by atoms with Gasteiger partial charge in [-0.1, -0.05) is 24.3 Å². The fourth-order valence-electron chi connectivity index (χ4n) is 2.01. The number of hydrogen-bond acceptors (Lipinski definition) is 2. The lowest BCUT2D eigenvalue weighted by Gasteiger charge is -2.17. The first-order valence-corrected chi connectivity index (χ1v) is 6.06. The molecule has 0 aliphatic heterocycles. The smallest absolute Gasteiger partial charge is 0.368 e. The molecule has 1 aliphatic carbocycles. The number of carbonyl (C=O) groups is 1. The van der Waals surface area contributed by atoms with E-state index < -0.39 is 24.7 Å². The minimum atomic E-state index is -4.37. The second kappa shape index (κ2) is 5.21. The number of nitrogens with one attached hydrogen (secondary N) is 1. The van der Waals surface area contributed by atoms with Crippen LogP contribution in [0.3, 0.4) is 0 Å². The molecule has 0 bridgehead atoms. The fraction of sp³-hybridized carbons (Fsp3) is 0.462. The number of carbonyl (C=O) groups excluding carboxylic acids is 1. The fourth-order valence-corrected chi connectivity index (χ4v) is 2.01. The van der Waals surface area contributed by atoms with Crippen LogP contribution in [0, 0.1) is 0 Å². The van der Waals surface area contributed by atoms with Crippen LogP contribution in [0.4, 0.5) is 13.2 Å². The highest BCUT2D eigenvalue weighted by molar-refractivity contribution is 5.81. The van der Waals surface area contributed by atoms with E-state index in [4.69, 9.17) is 5.73 Å². The Hall–Kier alpha value is -1.56. The van der Waals surface area contributed by atoms with Crippen molar-refractivity contribution in [3.8, 4) is 0 Å². The highest BCUT2D eigenvalue weighted by Crippen LogP contribution is 2.40. The van der Waals surface area contributed by atoms with Crippen LogP contribution < -0.4 is 11.1 Å². The Balaban J connectivity index is 2.13. The molecule has 0 spiro atoms. The van der Waals surface area contributed by atoms with Gasteiger partial charge in [-0.2, -0.15) is 13.2 Å². The maximum absolute atomic E-state index is 12.2. The molecule has 1 fully saturated rings. The van der Waals surface area contributed by atoms with E-state index in [0.717, 1.165) is 18.4 Å². The molecule has 104 valence electrons. The number of nitrogens with two attached hydrogens (primary N) is 1. The van der Waals surface area contributed by atoms with Gasteiger partial charge < -0.3 is 5.73 Å². The first kappa shape index (κ1) is 13.9. The standard InChI is InChI=1S/C13H15F3N2O/c14-13(15,16)7-18-11(12(17)19)10-3-1-2-9(6-10)8-4-5-8/h1-3,6,8,11,18H,4-5,7H2,(H2,17,19). The van der Waals surface area contributed by atoms with Crippen molar-refractivity contribution < 1.29 is 18.0 Å². The highest BCUT2D eigenvalue weighted by atomic mass is 19.4. The number of benzene rings is 1. The Kier molecular flexibility index (Phi) is 3.80. The lowest BCUT2D eigenvalue weighted by atomic mass is 10.0. The number of hydrogen-bond donors (Lipinski definition) is 2. The number of halogens is 3. The van der Waals surface area contributed by atoms with Crippen LogP contribution in [-0.2, 0) is 4.79 Å². The zero-order valence-corrected chi connectivity index (χ0v) is 10.2. The van der Waals surface area contributed by atoms with E-state index in [9.17, 15) is 18.0 Å². The Morgan fingerprint density at radius 3 is 2.63 bits per heavy atom. The number of alkyl halides is 3. The maximum atomic E-state index is 12.2. The van der Waals surface area contributed by atoms with Gasteiger partial charge >= 0.3 is 6.18 Å². The highest BCUT2D eigenvalue weighted by Gasteiger charge is 2.30. The quantitative estimate of drug-likeness (QED) is 0.863. The van der Waals surface area contributed by atoms with Gasteiger partial charge in [0.1, 0.15) is 6.04 Å². The Morgan fingerprint density at radius 1 is 1.42 bits per heavy atom. The summed E-state index contributed by atoms with van der Waals surface area (Å²) < 4.78 is 36.6. The van der Waals surface area contributed by atoms with Crippen molar-refractivity contribution >= 4 is 5.91 Å². The van der Waals surface area contributed by atoms with Crippen molar-refractivity contribution in [3.05, 3.63) is 35.4 Å². The molecular formula is C13H15F3N2O. The first-order valence-electron chi connectivity index (χ1n) is 6.06. The topological polar surface area (TPSA) is 55.1 Å². The molecule has 1 aliphatic rings. The molecule has 0 saturated heterocycles. The summed E-state index contributed by atoms with van der Waals surface area (Å²) in [4.78, 5) is 11.3. The van der Waals surface area contributed by atoms with Crippen molar-refractivity contribution in [2.75, 3.05) is 6.54 Å². The van der Waals surface area contributed by atoms with Crippen LogP contribution in [0.2, 0.25) is 0 Å². The molecule has 3 nitrogen and oxygen atoms in total. The molecule has 0 aromatic heterocycles. The number of amides is 1. The molecule has 1 aromatic carbocycles. The molecule has 6 heteroatoms. The third kappa shape index (κ3) is 3.96. The summed E-state index contributed by atoms with van der Waals surface area (Å²) in [6.07, 6.45) is -2.21. The van der Waals surface area contributed by atoms with Gasteiger partial charge in [0, 0.05) is 0 Å². The molecule has 1 atom stereocenters. The zero-order chi connectivity index (χ0) is 14.0. The minimum Gasteiger partial charge on any atom is -0.368 e. The van der Waals surface area contributed by atoms with Crippen molar-refractivity contribution in [1.29, 1.82) is 0 Å². The monoisotopic (exact) mass is 272 g/mol. The van der Waals surface area contributed by atoms with E-state index in [1.807, 2.05) is 6.07 Å². The lowest BCUT2D eigenvalue weighted by Crippen LogP contribution is -2.39. The molecule has 19 heavy (non-hydrogen) atoms. The van der Waals surface area contributed by atoms with Gasteiger partial charge in [-0.25, -0.2) is 0 Å². The van der Waals surface area contributed by atoms with Crippen molar-refractivity contribution in [1.82, 2.24) is 5.32 Å². The summed E-state index contributed by atoms with van der Waals surface area (Å²) in [6.45, 7) is -1.24. The second-order valence-electron chi connectivity index (χ2n) is 4.78. The van der Waals surface area contributed by atoms with E-state index in [0.29, 0.717) is 11.5 Å². The third-order valence-electron chi connectivity index (χ3n) is 3.08. The number of rotatable bonds is 5. The summed E-state index contributed by atoms with van der Waals surface area (Å²) in [5.41, 5.74) is 6.71. The molecule has 1 unspecified atom stereocenters. The van der Waals surface area contributed by atoms with Crippen LogP contribution in [0.1, 0.15) is 35.9 Å². The van der Waals surface area contributed by atoms with Crippen LogP contribution in [0.25, 0.3) is 0 Å². The summed E-state index contributed by atoms with van der Waals surface area (Å²) in [7, 11) is 0. The van der Waals surface area contributed by atoms with Gasteiger partial charge in [0.25, 0.3) is 0 Å². The normalized spacial score (nSPS) is 17.2. The first-order chi connectivity index (χ1) is 8.87. The predicted octanol–water partition coefficient (Wildman–Crippen LogP) is 2.24. The molecule has 0 radical (unpaired) electrons. The molecule has 1 saturated carbocycles. The SMILES string of the molecule is NC(=O)C(NCC(F)(F)F)c1cccc(C2CC2)c1. The van der Waals surface area contributed by atoms with E-state index in [1.54, 1.807) is 18.2 Å². The van der Waals surface area contributed by atoms with Gasteiger partial charge in [0.15, 0.2) is 0 Å². The molecule has 0 heterocycles. The predicted molar refractivity (Wildman–Crippen MR) is 64.4 cm³/mol. The van der Waals surface area contributed by atoms with Gasteiger partial charge in [0.2, 0.25) is 5.91 Å². The zero-order valence-electron chi connectivity index (χ0n) is 10.2. The van der Waals surface area contributed by atoms with Gasteiger partial charge in [0.05, 0.1) is 6.54 Å². The Bertz CT molecular complexity index is 469. The van der Waals surface area contributed by atoms with Crippen molar-refractivity contribution in [2.24, 2.45) is 5.73 Å². The van der Waals surface area contributed by atoms with E-state index in [2.05, 4.69) is 5.32 Å². The summed E-state index contributed by atoms with van der Waals surface area (Å²) in [5, 5.41) is 2.16. The van der Waals surface area contributed by atoms with Crippen LogP contribution in [0.15, 0.2) is 24.3 Å². The largest absolute Gasteiger partial charge is 0.401 e. The van der Waals surface area contributed by atoms with Gasteiger partial charge in [-0.3, -0.25) is 10.1 Å². The molecule has 1 amide bonds.